The van der Waals surface area contributed by atoms with Crippen molar-refractivity contribution in [2.75, 3.05) is 19.0 Å². The number of benzene rings is 2. The molecule has 3 aromatic rings. The Balaban J connectivity index is 1.73. The Hall–Kier alpha value is -3.75. The fourth-order valence-electron chi connectivity index (χ4n) is 2.44. The summed E-state index contributed by atoms with van der Waals surface area (Å²) in [4.78, 5) is 12.2. The van der Waals surface area contributed by atoms with E-state index < -0.39 is 11.7 Å². The van der Waals surface area contributed by atoms with Crippen LogP contribution in [0.5, 0.6) is 11.5 Å². The van der Waals surface area contributed by atoms with E-state index in [1.54, 1.807) is 31.4 Å². The van der Waals surface area contributed by atoms with E-state index in [0.29, 0.717) is 23.8 Å². The number of hydrogen-bond donors (Lipinski definition) is 1. The molecule has 0 atom stereocenters. The molecule has 0 aliphatic heterocycles. The average molecular weight is 383 g/mol. The number of nitrogens with zero attached hydrogens (tertiary/aromatic N) is 4. The number of tetrazole rings is 1. The molecule has 0 radical (unpaired) electrons. The lowest BCUT2D eigenvalue weighted by Crippen LogP contribution is -2.10. The first-order valence-corrected chi connectivity index (χ1v) is 8.43. The summed E-state index contributed by atoms with van der Waals surface area (Å²) in [5.74, 6) is 0.125. The summed E-state index contributed by atoms with van der Waals surface area (Å²) in [6.07, 6.45) is 4.27. The second kappa shape index (κ2) is 8.76. The molecule has 1 N–H and O–H groups in total. The second-order valence-corrected chi connectivity index (χ2v) is 5.58. The normalized spacial score (nSPS) is 10.8. The van der Waals surface area contributed by atoms with Crippen LogP contribution in [0.25, 0.3) is 11.8 Å². The van der Waals surface area contributed by atoms with Crippen LogP contribution in [0, 0.1) is 5.82 Å². The van der Waals surface area contributed by atoms with Crippen LogP contribution in [-0.2, 0) is 4.79 Å². The molecule has 8 nitrogen and oxygen atoms in total. The maximum absolute atomic E-state index is 14.0. The number of carbonyl (C=O) groups excluding carboxylic acids is 1. The van der Waals surface area contributed by atoms with E-state index in [1.165, 1.54) is 35.3 Å². The van der Waals surface area contributed by atoms with Crippen LogP contribution in [0.4, 0.5) is 10.1 Å². The molecule has 1 heterocycles. The minimum absolute atomic E-state index is 0.0203. The number of aromatic nitrogens is 4. The van der Waals surface area contributed by atoms with E-state index in [0.717, 1.165) is 5.56 Å². The lowest BCUT2D eigenvalue weighted by Gasteiger charge is -2.09. The van der Waals surface area contributed by atoms with Gasteiger partial charge in [-0.05, 0) is 59.3 Å². The maximum Gasteiger partial charge on any atom is 0.248 e. The van der Waals surface area contributed by atoms with Gasteiger partial charge in [-0.1, -0.05) is 6.07 Å². The Morgan fingerprint density at radius 2 is 2.11 bits per heavy atom. The fourth-order valence-corrected chi connectivity index (χ4v) is 2.44. The molecule has 1 aromatic heterocycles. The molecule has 2 aromatic carbocycles. The third kappa shape index (κ3) is 4.50. The highest BCUT2D eigenvalue weighted by Crippen LogP contribution is 2.28. The van der Waals surface area contributed by atoms with Crippen molar-refractivity contribution in [2.45, 2.75) is 6.92 Å². The highest BCUT2D eigenvalue weighted by molar-refractivity contribution is 6.02. The van der Waals surface area contributed by atoms with Gasteiger partial charge in [0.15, 0.2) is 11.5 Å². The first-order valence-electron chi connectivity index (χ1n) is 8.43. The van der Waals surface area contributed by atoms with Gasteiger partial charge in [0.1, 0.15) is 12.1 Å². The van der Waals surface area contributed by atoms with Gasteiger partial charge in [-0.25, -0.2) is 9.07 Å². The van der Waals surface area contributed by atoms with E-state index >= 15 is 0 Å². The molecule has 9 heteroatoms. The molecule has 0 bridgehead atoms. The first kappa shape index (κ1) is 19.0. The summed E-state index contributed by atoms with van der Waals surface area (Å²) in [5.41, 5.74) is 1.27. The van der Waals surface area contributed by atoms with Crippen LogP contribution in [0.15, 0.2) is 48.8 Å². The van der Waals surface area contributed by atoms with Crippen molar-refractivity contribution >= 4 is 17.7 Å². The summed E-state index contributed by atoms with van der Waals surface area (Å²) < 4.78 is 26.1. The number of halogens is 1. The number of anilines is 1. The van der Waals surface area contributed by atoms with Gasteiger partial charge in [-0.15, -0.1) is 5.10 Å². The highest BCUT2D eigenvalue weighted by Gasteiger charge is 2.09. The van der Waals surface area contributed by atoms with Gasteiger partial charge in [0, 0.05) is 6.08 Å². The van der Waals surface area contributed by atoms with Crippen LogP contribution in [0.3, 0.4) is 0 Å². The SMILES string of the molecule is CCOc1ccc(C=CC(=O)Nc2cc(-n3cnnn3)ccc2F)cc1OC. The monoisotopic (exact) mass is 383 g/mol. The number of rotatable bonds is 7. The Labute approximate surface area is 160 Å². The van der Waals surface area contributed by atoms with Crippen molar-refractivity contribution in [3.63, 3.8) is 0 Å². The van der Waals surface area contributed by atoms with Crippen molar-refractivity contribution in [1.82, 2.24) is 20.2 Å². The predicted octanol–water partition coefficient (Wildman–Crippen LogP) is 2.86. The third-order valence-electron chi connectivity index (χ3n) is 3.74. The Morgan fingerprint density at radius 1 is 1.25 bits per heavy atom. The predicted molar refractivity (Wildman–Crippen MR) is 101 cm³/mol. The molecular weight excluding hydrogens is 365 g/mol. The maximum atomic E-state index is 14.0. The molecule has 0 aliphatic carbocycles. The Bertz CT molecular complexity index is 989. The average Bonchev–Trinajstić information content (AvgIpc) is 3.24. The molecule has 0 fully saturated rings. The van der Waals surface area contributed by atoms with E-state index in [2.05, 4.69) is 20.8 Å². The topological polar surface area (TPSA) is 91.2 Å². The number of carbonyl (C=O) groups is 1. The number of amides is 1. The molecule has 1 amide bonds. The molecule has 0 spiro atoms. The van der Waals surface area contributed by atoms with Crippen molar-refractivity contribution in [3.8, 4) is 17.2 Å². The molecule has 3 rings (SSSR count). The molecule has 144 valence electrons. The van der Waals surface area contributed by atoms with Crippen molar-refractivity contribution in [3.05, 3.63) is 60.2 Å². The van der Waals surface area contributed by atoms with E-state index in [-0.39, 0.29) is 5.69 Å². The number of methoxy groups -OCH3 is 1. The lowest BCUT2D eigenvalue weighted by molar-refractivity contribution is -0.111. The van der Waals surface area contributed by atoms with E-state index in [9.17, 15) is 9.18 Å². The van der Waals surface area contributed by atoms with E-state index in [4.69, 9.17) is 9.47 Å². The van der Waals surface area contributed by atoms with Gasteiger partial charge in [0.25, 0.3) is 0 Å². The van der Waals surface area contributed by atoms with Crippen molar-refractivity contribution in [2.24, 2.45) is 0 Å². The zero-order valence-corrected chi connectivity index (χ0v) is 15.3. The van der Waals surface area contributed by atoms with Crippen molar-refractivity contribution < 1.29 is 18.7 Å². The molecule has 0 aliphatic rings. The van der Waals surface area contributed by atoms with Gasteiger partial charge in [-0.3, -0.25) is 4.79 Å². The summed E-state index contributed by atoms with van der Waals surface area (Å²) in [7, 11) is 1.54. The summed E-state index contributed by atoms with van der Waals surface area (Å²) in [6.45, 7) is 2.40. The largest absolute Gasteiger partial charge is 0.493 e. The summed E-state index contributed by atoms with van der Waals surface area (Å²) in [5, 5.41) is 13.3. The minimum atomic E-state index is -0.568. The van der Waals surface area contributed by atoms with Gasteiger partial charge in [0.2, 0.25) is 5.91 Å². The minimum Gasteiger partial charge on any atom is -0.493 e. The lowest BCUT2D eigenvalue weighted by atomic mass is 10.2. The van der Waals surface area contributed by atoms with Gasteiger partial charge >= 0.3 is 0 Å². The summed E-state index contributed by atoms with van der Waals surface area (Å²) in [6, 6.07) is 9.47. The zero-order valence-electron chi connectivity index (χ0n) is 15.3. The summed E-state index contributed by atoms with van der Waals surface area (Å²) >= 11 is 0. The number of ether oxygens (including phenoxy) is 2. The fraction of sp³-hybridized carbons (Fsp3) is 0.158. The van der Waals surface area contributed by atoms with Gasteiger partial charge in [-0.2, -0.15) is 0 Å². The quantitative estimate of drug-likeness (QED) is 0.631. The third-order valence-corrected chi connectivity index (χ3v) is 3.74. The molecule has 0 saturated carbocycles. The molecule has 0 saturated heterocycles. The van der Waals surface area contributed by atoms with E-state index in [1.807, 2.05) is 6.92 Å². The van der Waals surface area contributed by atoms with Crippen LogP contribution in [0.2, 0.25) is 0 Å². The smallest absolute Gasteiger partial charge is 0.248 e. The first-order chi connectivity index (χ1) is 13.6. The van der Waals surface area contributed by atoms with Crippen LogP contribution in [-0.4, -0.2) is 39.8 Å². The van der Waals surface area contributed by atoms with Crippen LogP contribution in [0.1, 0.15) is 12.5 Å². The van der Waals surface area contributed by atoms with Gasteiger partial charge in [0.05, 0.1) is 25.1 Å². The standard InChI is InChI=1S/C19H18FN5O3/c1-3-28-17-8-4-13(10-18(17)27-2)5-9-19(26)22-16-11-14(6-7-15(16)20)25-12-21-23-24-25/h4-12H,3H2,1-2H3,(H,22,26). The van der Waals surface area contributed by atoms with Crippen molar-refractivity contribution in [1.29, 1.82) is 0 Å². The van der Waals surface area contributed by atoms with Gasteiger partial charge < -0.3 is 14.8 Å². The highest BCUT2D eigenvalue weighted by atomic mass is 19.1. The Morgan fingerprint density at radius 3 is 2.82 bits per heavy atom. The molecule has 28 heavy (non-hydrogen) atoms. The Kier molecular flexibility index (Phi) is 5.95. The second-order valence-electron chi connectivity index (χ2n) is 5.58. The number of hydrogen-bond acceptors (Lipinski definition) is 6. The number of nitrogens with one attached hydrogen (secondary N) is 1. The van der Waals surface area contributed by atoms with Crippen LogP contribution < -0.4 is 14.8 Å². The zero-order chi connectivity index (χ0) is 19.9. The molecular formula is C19H18FN5O3. The molecule has 0 unspecified atom stereocenters. The van der Waals surface area contributed by atoms with Crippen LogP contribution >= 0.6 is 0 Å².